The van der Waals surface area contributed by atoms with Gasteiger partial charge in [-0.05, 0) is 19.1 Å². The molecule has 4 heteroatoms. The standard InChI is InChI=1S/C9H15NO2S/c1-8-3-4-9(13-8)7-10-12-6-5-11-2/h3-4,10H,5-7H2,1-2H3. The number of hydroxylamine groups is 1. The maximum absolute atomic E-state index is 5.12. The number of hydrogen-bond acceptors (Lipinski definition) is 4. The van der Waals surface area contributed by atoms with Crippen molar-refractivity contribution < 1.29 is 9.57 Å². The molecule has 0 aliphatic rings. The third-order valence-electron chi connectivity index (χ3n) is 1.53. The highest BCUT2D eigenvalue weighted by Crippen LogP contribution is 2.14. The van der Waals surface area contributed by atoms with Crippen LogP contribution in [0.25, 0.3) is 0 Å². The van der Waals surface area contributed by atoms with E-state index in [-0.39, 0.29) is 0 Å². The first-order valence-electron chi connectivity index (χ1n) is 4.22. The monoisotopic (exact) mass is 201 g/mol. The molecule has 0 fully saturated rings. The Morgan fingerprint density at radius 1 is 1.38 bits per heavy atom. The van der Waals surface area contributed by atoms with E-state index in [1.165, 1.54) is 9.75 Å². The zero-order chi connectivity index (χ0) is 9.52. The highest BCUT2D eigenvalue weighted by Gasteiger charge is 1.95. The Bertz CT molecular complexity index is 237. The molecule has 0 aliphatic heterocycles. The van der Waals surface area contributed by atoms with Gasteiger partial charge >= 0.3 is 0 Å². The molecule has 1 rings (SSSR count). The Morgan fingerprint density at radius 3 is 2.85 bits per heavy atom. The Balaban J connectivity index is 2.06. The van der Waals surface area contributed by atoms with Gasteiger partial charge < -0.3 is 4.74 Å². The molecule has 74 valence electrons. The minimum atomic E-state index is 0.584. The minimum absolute atomic E-state index is 0.584. The van der Waals surface area contributed by atoms with Crippen LogP contribution in [0.3, 0.4) is 0 Å². The molecule has 0 aliphatic carbocycles. The molecule has 1 aromatic rings. The molecule has 0 unspecified atom stereocenters. The van der Waals surface area contributed by atoms with Crippen molar-refractivity contribution >= 4 is 11.3 Å². The predicted octanol–water partition coefficient (Wildman–Crippen LogP) is 1.72. The molecule has 1 heterocycles. The van der Waals surface area contributed by atoms with Gasteiger partial charge in [0.1, 0.15) is 0 Å². The van der Waals surface area contributed by atoms with Crippen LogP contribution >= 0.6 is 11.3 Å². The molecule has 3 nitrogen and oxygen atoms in total. The Hall–Kier alpha value is -0.420. The molecule has 1 N–H and O–H groups in total. The topological polar surface area (TPSA) is 30.5 Å². The second-order valence-corrected chi connectivity index (χ2v) is 4.05. The molecular weight excluding hydrogens is 186 g/mol. The molecule has 0 bridgehead atoms. The number of thiophene rings is 1. The first kappa shape index (κ1) is 10.7. The fourth-order valence-corrected chi connectivity index (χ4v) is 1.72. The van der Waals surface area contributed by atoms with Gasteiger partial charge in [0.25, 0.3) is 0 Å². The second-order valence-electron chi connectivity index (χ2n) is 2.67. The van der Waals surface area contributed by atoms with E-state index in [4.69, 9.17) is 9.57 Å². The quantitative estimate of drug-likeness (QED) is 0.561. The van der Waals surface area contributed by atoms with Crippen molar-refractivity contribution in [1.82, 2.24) is 5.48 Å². The van der Waals surface area contributed by atoms with Gasteiger partial charge in [-0.3, -0.25) is 4.84 Å². The summed E-state index contributed by atoms with van der Waals surface area (Å²) in [5.74, 6) is 0. The maximum atomic E-state index is 5.12. The Kier molecular flexibility index (Phi) is 5.00. The fourth-order valence-electron chi connectivity index (χ4n) is 0.899. The molecule has 0 saturated heterocycles. The summed E-state index contributed by atoms with van der Waals surface area (Å²) in [5.41, 5.74) is 2.88. The molecule has 0 saturated carbocycles. The predicted molar refractivity (Wildman–Crippen MR) is 53.7 cm³/mol. The van der Waals surface area contributed by atoms with E-state index in [2.05, 4.69) is 24.5 Å². The number of aryl methyl sites for hydroxylation is 1. The highest BCUT2D eigenvalue weighted by atomic mass is 32.1. The van der Waals surface area contributed by atoms with Crippen LogP contribution in [0, 0.1) is 6.92 Å². The van der Waals surface area contributed by atoms with E-state index >= 15 is 0 Å². The van der Waals surface area contributed by atoms with E-state index in [0.29, 0.717) is 13.2 Å². The van der Waals surface area contributed by atoms with Gasteiger partial charge in [0.15, 0.2) is 0 Å². The number of nitrogens with one attached hydrogen (secondary N) is 1. The summed E-state index contributed by atoms with van der Waals surface area (Å²) in [7, 11) is 1.66. The zero-order valence-corrected chi connectivity index (χ0v) is 8.82. The summed E-state index contributed by atoms with van der Waals surface area (Å²) in [6, 6.07) is 4.21. The van der Waals surface area contributed by atoms with Crippen molar-refractivity contribution in [3.8, 4) is 0 Å². The van der Waals surface area contributed by atoms with E-state index < -0.39 is 0 Å². The lowest BCUT2D eigenvalue weighted by atomic mass is 10.4. The summed E-state index contributed by atoms with van der Waals surface area (Å²) in [6.45, 7) is 4.07. The molecule has 13 heavy (non-hydrogen) atoms. The minimum Gasteiger partial charge on any atom is -0.382 e. The third-order valence-corrected chi connectivity index (χ3v) is 2.53. The van der Waals surface area contributed by atoms with Crippen molar-refractivity contribution in [3.63, 3.8) is 0 Å². The van der Waals surface area contributed by atoms with E-state index in [9.17, 15) is 0 Å². The zero-order valence-electron chi connectivity index (χ0n) is 8.00. The second kappa shape index (κ2) is 6.10. The average molecular weight is 201 g/mol. The van der Waals surface area contributed by atoms with Crippen LogP contribution in [0.1, 0.15) is 9.75 Å². The van der Waals surface area contributed by atoms with E-state index in [1.807, 2.05) is 0 Å². The molecule has 0 radical (unpaired) electrons. The van der Waals surface area contributed by atoms with Crippen LogP contribution in [0.15, 0.2) is 12.1 Å². The van der Waals surface area contributed by atoms with Crippen LogP contribution < -0.4 is 5.48 Å². The summed E-state index contributed by atoms with van der Waals surface area (Å²) in [5, 5.41) is 0. The summed E-state index contributed by atoms with van der Waals surface area (Å²) >= 11 is 1.78. The molecular formula is C9H15NO2S. The highest BCUT2D eigenvalue weighted by molar-refractivity contribution is 7.11. The molecule has 0 amide bonds. The van der Waals surface area contributed by atoms with Crippen molar-refractivity contribution in [2.75, 3.05) is 20.3 Å². The Morgan fingerprint density at radius 2 is 2.23 bits per heavy atom. The molecule has 0 aromatic carbocycles. The van der Waals surface area contributed by atoms with Gasteiger partial charge in [0, 0.05) is 16.9 Å². The van der Waals surface area contributed by atoms with Crippen LogP contribution in [-0.2, 0) is 16.1 Å². The summed E-state index contributed by atoms with van der Waals surface area (Å²) < 4.78 is 4.84. The normalized spacial score (nSPS) is 10.6. The van der Waals surface area contributed by atoms with Crippen molar-refractivity contribution in [2.24, 2.45) is 0 Å². The summed E-state index contributed by atoms with van der Waals surface area (Å²) in [4.78, 5) is 7.73. The Labute approximate surface area is 82.6 Å². The largest absolute Gasteiger partial charge is 0.382 e. The van der Waals surface area contributed by atoms with Gasteiger partial charge in [-0.25, -0.2) is 0 Å². The van der Waals surface area contributed by atoms with Crippen LogP contribution in [-0.4, -0.2) is 20.3 Å². The van der Waals surface area contributed by atoms with Crippen LogP contribution in [0.5, 0.6) is 0 Å². The van der Waals surface area contributed by atoms with Crippen LogP contribution in [0.4, 0.5) is 0 Å². The van der Waals surface area contributed by atoms with Gasteiger partial charge in [-0.1, -0.05) is 0 Å². The number of methoxy groups -OCH3 is 1. The number of hydrogen-bond donors (Lipinski definition) is 1. The average Bonchev–Trinajstić information content (AvgIpc) is 2.51. The first-order valence-corrected chi connectivity index (χ1v) is 5.03. The smallest absolute Gasteiger partial charge is 0.0916 e. The van der Waals surface area contributed by atoms with Gasteiger partial charge in [0.05, 0.1) is 19.8 Å². The molecule has 0 spiro atoms. The molecule has 0 atom stereocenters. The lowest BCUT2D eigenvalue weighted by molar-refractivity contribution is 0.00387. The van der Waals surface area contributed by atoms with Gasteiger partial charge in [-0.2, -0.15) is 5.48 Å². The van der Waals surface area contributed by atoms with Crippen molar-refractivity contribution in [3.05, 3.63) is 21.9 Å². The van der Waals surface area contributed by atoms with Crippen LogP contribution in [0.2, 0.25) is 0 Å². The first-order chi connectivity index (χ1) is 6.33. The van der Waals surface area contributed by atoms with Gasteiger partial charge in [-0.15, -0.1) is 11.3 Å². The number of ether oxygens (including phenoxy) is 1. The third kappa shape index (κ3) is 4.38. The fraction of sp³-hybridized carbons (Fsp3) is 0.556. The van der Waals surface area contributed by atoms with E-state index in [0.717, 1.165) is 6.54 Å². The lowest BCUT2D eigenvalue weighted by Crippen LogP contribution is -2.16. The molecule has 1 aromatic heterocycles. The SMILES string of the molecule is COCCONCc1ccc(C)s1. The van der Waals surface area contributed by atoms with Gasteiger partial charge in [0.2, 0.25) is 0 Å². The summed E-state index contributed by atoms with van der Waals surface area (Å²) in [6.07, 6.45) is 0. The number of rotatable bonds is 6. The lowest BCUT2D eigenvalue weighted by Gasteiger charge is -2.02. The maximum Gasteiger partial charge on any atom is 0.0916 e. The van der Waals surface area contributed by atoms with E-state index in [1.54, 1.807) is 18.4 Å². The van der Waals surface area contributed by atoms with Crippen molar-refractivity contribution in [1.29, 1.82) is 0 Å². The van der Waals surface area contributed by atoms with Crippen molar-refractivity contribution in [2.45, 2.75) is 13.5 Å².